The molecule has 0 fully saturated rings. The normalized spacial score (nSPS) is 13.6. The first kappa shape index (κ1) is 21.0. The van der Waals surface area contributed by atoms with Crippen LogP contribution in [0.2, 0.25) is 0 Å². The number of nitrogens with one attached hydrogen (secondary N) is 1. The summed E-state index contributed by atoms with van der Waals surface area (Å²) in [6.07, 6.45) is 0. The summed E-state index contributed by atoms with van der Waals surface area (Å²) in [5, 5.41) is 2.89. The summed E-state index contributed by atoms with van der Waals surface area (Å²) >= 11 is 0. The lowest BCUT2D eigenvalue weighted by atomic mass is 10.0. The van der Waals surface area contributed by atoms with E-state index in [-0.39, 0.29) is 17.0 Å². The molecular formula is C24H18F2N2O4. The Labute approximate surface area is 182 Å². The molecule has 0 saturated heterocycles. The molecule has 0 saturated carbocycles. The van der Waals surface area contributed by atoms with E-state index in [1.165, 1.54) is 56.7 Å². The molecule has 0 spiro atoms. The Balaban J connectivity index is 1.86. The van der Waals surface area contributed by atoms with E-state index in [2.05, 4.69) is 5.32 Å². The first-order chi connectivity index (χ1) is 15.4. The molecule has 2 amide bonds. The molecule has 1 heterocycles. The number of halogens is 2. The summed E-state index contributed by atoms with van der Waals surface area (Å²) in [4.78, 5) is 27.4. The molecule has 0 aliphatic carbocycles. The predicted molar refractivity (Wildman–Crippen MR) is 115 cm³/mol. The fourth-order valence-corrected chi connectivity index (χ4v) is 3.43. The lowest BCUT2D eigenvalue weighted by Crippen LogP contribution is -2.33. The zero-order valence-electron chi connectivity index (χ0n) is 17.2. The Morgan fingerprint density at radius 2 is 1.50 bits per heavy atom. The fourth-order valence-electron chi connectivity index (χ4n) is 3.43. The number of carbonyl (C=O) groups excluding carboxylic acids is 2. The zero-order chi connectivity index (χ0) is 22.8. The number of ether oxygens (including phenoxy) is 2. The highest BCUT2D eigenvalue weighted by Gasteiger charge is 2.41. The molecule has 3 aromatic carbocycles. The van der Waals surface area contributed by atoms with Crippen LogP contribution in [0.3, 0.4) is 0 Å². The Morgan fingerprint density at radius 1 is 0.812 bits per heavy atom. The van der Waals surface area contributed by atoms with Crippen LogP contribution in [0.5, 0.6) is 11.5 Å². The SMILES string of the molecule is COc1ccc(C2=C(Nc3ccc(F)cc3)C(=O)N(c3ccccc3F)C2=O)cc1OC. The second kappa shape index (κ2) is 8.50. The third-order valence-electron chi connectivity index (χ3n) is 4.96. The third-order valence-corrected chi connectivity index (χ3v) is 4.96. The number of amides is 2. The number of methoxy groups -OCH3 is 2. The van der Waals surface area contributed by atoms with Crippen molar-refractivity contribution in [3.63, 3.8) is 0 Å². The van der Waals surface area contributed by atoms with Crippen molar-refractivity contribution in [2.24, 2.45) is 0 Å². The second-order valence-electron chi connectivity index (χ2n) is 6.85. The van der Waals surface area contributed by atoms with Crippen molar-refractivity contribution in [1.29, 1.82) is 0 Å². The number of imide groups is 1. The molecule has 3 aromatic rings. The van der Waals surface area contributed by atoms with E-state index in [0.717, 1.165) is 11.0 Å². The molecule has 1 aliphatic heterocycles. The minimum absolute atomic E-state index is 0.0172. The molecular weight excluding hydrogens is 418 g/mol. The van der Waals surface area contributed by atoms with E-state index < -0.39 is 23.4 Å². The second-order valence-corrected chi connectivity index (χ2v) is 6.85. The molecule has 0 atom stereocenters. The molecule has 1 aliphatic rings. The highest BCUT2D eigenvalue weighted by atomic mass is 19.1. The molecule has 4 rings (SSSR count). The van der Waals surface area contributed by atoms with Crippen molar-refractivity contribution >= 4 is 28.8 Å². The van der Waals surface area contributed by atoms with E-state index in [1.807, 2.05) is 0 Å². The van der Waals surface area contributed by atoms with Crippen molar-refractivity contribution in [2.75, 3.05) is 24.4 Å². The van der Waals surface area contributed by atoms with E-state index in [9.17, 15) is 18.4 Å². The molecule has 0 unspecified atom stereocenters. The molecule has 32 heavy (non-hydrogen) atoms. The van der Waals surface area contributed by atoms with Crippen LogP contribution < -0.4 is 19.7 Å². The van der Waals surface area contributed by atoms with Crippen molar-refractivity contribution < 1.29 is 27.8 Å². The lowest BCUT2D eigenvalue weighted by molar-refractivity contribution is -0.120. The van der Waals surface area contributed by atoms with Crippen LogP contribution in [0.4, 0.5) is 20.2 Å². The van der Waals surface area contributed by atoms with Gasteiger partial charge in [0.25, 0.3) is 11.8 Å². The summed E-state index contributed by atoms with van der Waals surface area (Å²) in [5.74, 6) is -1.84. The zero-order valence-corrected chi connectivity index (χ0v) is 17.2. The molecule has 162 valence electrons. The highest BCUT2D eigenvalue weighted by Crippen LogP contribution is 2.37. The lowest BCUT2D eigenvalue weighted by Gasteiger charge is -2.16. The minimum Gasteiger partial charge on any atom is -0.493 e. The quantitative estimate of drug-likeness (QED) is 0.581. The summed E-state index contributed by atoms with van der Waals surface area (Å²) < 4.78 is 38.4. The van der Waals surface area contributed by atoms with Gasteiger partial charge in [-0.3, -0.25) is 9.59 Å². The number of benzene rings is 3. The van der Waals surface area contributed by atoms with Crippen LogP contribution >= 0.6 is 0 Å². The van der Waals surface area contributed by atoms with Gasteiger partial charge in [0.1, 0.15) is 17.3 Å². The maximum Gasteiger partial charge on any atom is 0.282 e. The number of hydrogen-bond donors (Lipinski definition) is 1. The Kier molecular flexibility index (Phi) is 5.59. The van der Waals surface area contributed by atoms with Crippen molar-refractivity contribution in [3.8, 4) is 11.5 Å². The van der Waals surface area contributed by atoms with Gasteiger partial charge in [-0.1, -0.05) is 18.2 Å². The molecule has 8 heteroatoms. The van der Waals surface area contributed by atoms with Gasteiger partial charge in [0.05, 0.1) is 25.5 Å². The van der Waals surface area contributed by atoms with Gasteiger partial charge in [0, 0.05) is 5.69 Å². The average molecular weight is 436 g/mol. The van der Waals surface area contributed by atoms with E-state index in [4.69, 9.17) is 9.47 Å². The number of anilines is 2. The van der Waals surface area contributed by atoms with Crippen molar-refractivity contribution in [1.82, 2.24) is 0 Å². The summed E-state index contributed by atoms with van der Waals surface area (Å²) in [7, 11) is 2.92. The predicted octanol–water partition coefficient (Wildman–Crippen LogP) is 4.38. The minimum atomic E-state index is -0.741. The summed E-state index contributed by atoms with van der Waals surface area (Å²) in [5.41, 5.74) is 0.525. The number of hydrogen-bond acceptors (Lipinski definition) is 5. The van der Waals surface area contributed by atoms with Gasteiger partial charge in [-0.2, -0.15) is 0 Å². The van der Waals surface area contributed by atoms with Crippen molar-refractivity contribution in [2.45, 2.75) is 0 Å². The number of rotatable bonds is 6. The Bertz CT molecular complexity index is 1240. The monoisotopic (exact) mass is 436 g/mol. The van der Waals surface area contributed by atoms with Gasteiger partial charge >= 0.3 is 0 Å². The maximum atomic E-state index is 14.5. The number of para-hydroxylation sites is 1. The largest absolute Gasteiger partial charge is 0.493 e. The Hall–Kier alpha value is -4.20. The van der Waals surface area contributed by atoms with Gasteiger partial charge in [-0.25, -0.2) is 13.7 Å². The number of nitrogens with zero attached hydrogens (tertiary/aromatic N) is 1. The van der Waals surface area contributed by atoms with Gasteiger partial charge in [0.15, 0.2) is 11.5 Å². The summed E-state index contributed by atoms with van der Waals surface area (Å²) in [6, 6.07) is 15.5. The van der Waals surface area contributed by atoms with Crippen molar-refractivity contribution in [3.05, 3.63) is 89.6 Å². The van der Waals surface area contributed by atoms with Gasteiger partial charge < -0.3 is 14.8 Å². The van der Waals surface area contributed by atoms with Crippen LogP contribution in [0.1, 0.15) is 5.56 Å². The van der Waals surface area contributed by atoms with E-state index in [1.54, 1.807) is 18.2 Å². The first-order valence-electron chi connectivity index (χ1n) is 9.57. The third kappa shape index (κ3) is 3.66. The smallest absolute Gasteiger partial charge is 0.282 e. The van der Waals surface area contributed by atoms with Crippen LogP contribution in [0.25, 0.3) is 5.57 Å². The number of carbonyl (C=O) groups is 2. The van der Waals surface area contributed by atoms with Gasteiger partial charge in [-0.05, 0) is 54.1 Å². The fraction of sp³-hybridized carbons (Fsp3) is 0.0833. The maximum absolute atomic E-state index is 14.5. The van der Waals surface area contributed by atoms with Crippen LogP contribution in [-0.4, -0.2) is 26.0 Å². The highest BCUT2D eigenvalue weighted by molar-refractivity contribution is 6.46. The molecule has 0 bridgehead atoms. The van der Waals surface area contributed by atoms with Gasteiger partial charge in [0.2, 0.25) is 0 Å². The van der Waals surface area contributed by atoms with Crippen LogP contribution in [0.15, 0.2) is 72.4 Å². The van der Waals surface area contributed by atoms with E-state index >= 15 is 0 Å². The molecule has 0 radical (unpaired) electrons. The molecule has 1 N–H and O–H groups in total. The van der Waals surface area contributed by atoms with Crippen LogP contribution in [0, 0.1) is 11.6 Å². The average Bonchev–Trinajstić information content (AvgIpc) is 3.04. The topological polar surface area (TPSA) is 67.9 Å². The van der Waals surface area contributed by atoms with E-state index in [0.29, 0.717) is 22.7 Å². The summed E-state index contributed by atoms with van der Waals surface area (Å²) in [6.45, 7) is 0. The standard InChI is InChI=1S/C24H18F2N2O4/c1-31-19-12-7-14(13-20(19)32-2)21-22(27-16-10-8-15(25)9-11-16)24(30)28(23(21)29)18-6-4-3-5-17(18)26/h3-13,27H,1-2H3. The first-order valence-corrected chi connectivity index (χ1v) is 9.57. The molecule has 0 aromatic heterocycles. The van der Waals surface area contributed by atoms with Crippen LogP contribution in [-0.2, 0) is 9.59 Å². The molecule has 6 nitrogen and oxygen atoms in total. The van der Waals surface area contributed by atoms with Gasteiger partial charge in [-0.15, -0.1) is 0 Å². The Morgan fingerprint density at radius 3 is 2.16 bits per heavy atom.